The van der Waals surface area contributed by atoms with Gasteiger partial charge in [0.05, 0.1) is 17.0 Å². The maximum atomic E-state index is 12.3. The summed E-state index contributed by atoms with van der Waals surface area (Å²) in [6.45, 7) is 3.20. The Balaban J connectivity index is 2.06. The first-order chi connectivity index (χ1) is 12.1. The summed E-state index contributed by atoms with van der Waals surface area (Å²) in [5.41, 5.74) is 0.678. The normalized spacial score (nSPS) is 13.9. The van der Waals surface area contributed by atoms with E-state index in [0.717, 1.165) is 0 Å². The summed E-state index contributed by atoms with van der Waals surface area (Å²) in [5.74, 6) is -0.485. The van der Waals surface area contributed by atoms with Crippen LogP contribution < -0.4 is 10.0 Å². The van der Waals surface area contributed by atoms with Crippen LogP contribution in [0.25, 0.3) is 0 Å². The minimum atomic E-state index is -3.85. The fraction of sp³-hybridized carbons (Fsp3) is 0.235. The van der Waals surface area contributed by atoms with Crippen LogP contribution in [0.4, 0.5) is 0 Å². The molecule has 2 unspecified atom stereocenters. The molecule has 0 saturated heterocycles. The van der Waals surface area contributed by atoms with Gasteiger partial charge in [-0.1, -0.05) is 40.9 Å². The molecule has 0 heterocycles. The summed E-state index contributed by atoms with van der Waals surface area (Å²) >= 11 is 17.7. The van der Waals surface area contributed by atoms with E-state index in [0.29, 0.717) is 20.6 Å². The van der Waals surface area contributed by atoms with Crippen LogP contribution in [0.5, 0.6) is 0 Å². The van der Waals surface area contributed by atoms with Crippen molar-refractivity contribution in [1.82, 2.24) is 10.0 Å². The topological polar surface area (TPSA) is 75.3 Å². The lowest BCUT2D eigenvalue weighted by molar-refractivity contribution is -0.123. The molecular formula is C17H17Cl3N2O3S. The molecule has 9 heteroatoms. The second-order valence-corrected chi connectivity index (χ2v) is 8.69. The summed E-state index contributed by atoms with van der Waals surface area (Å²) in [5, 5.41) is 4.05. The molecule has 0 spiro atoms. The molecule has 1 amide bonds. The first-order valence-electron chi connectivity index (χ1n) is 7.63. The molecule has 0 bridgehead atoms. The van der Waals surface area contributed by atoms with Crippen molar-refractivity contribution in [3.05, 3.63) is 63.1 Å². The van der Waals surface area contributed by atoms with Crippen molar-refractivity contribution in [2.75, 3.05) is 0 Å². The Hall–Kier alpha value is -1.31. The van der Waals surface area contributed by atoms with E-state index in [-0.39, 0.29) is 4.90 Å². The molecule has 0 aromatic heterocycles. The second-order valence-electron chi connectivity index (χ2n) is 5.69. The van der Waals surface area contributed by atoms with Gasteiger partial charge in [0.2, 0.25) is 15.9 Å². The van der Waals surface area contributed by atoms with Crippen molar-refractivity contribution in [2.45, 2.75) is 30.8 Å². The number of hydrogen-bond donors (Lipinski definition) is 2. The molecule has 26 heavy (non-hydrogen) atoms. The van der Waals surface area contributed by atoms with E-state index in [9.17, 15) is 13.2 Å². The molecule has 2 atom stereocenters. The minimum Gasteiger partial charge on any atom is -0.348 e. The number of rotatable bonds is 6. The largest absolute Gasteiger partial charge is 0.348 e. The second kappa shape index (κ2) is 8.59. The van der Waals surface area contributed by atoms with E-state index >= 15 is 0 Å². The molecule has 2 N–H and O–H groups in total. The number of amides is 1. The van der Waals surface area contributed by atoms with Crippen LogP contribution in [0, 0.1) is 0 Å². The van der Waals surface area contributed by atoms with Crippen molar-refractivity contribution in [2.24, 2.45) is 0 Å². The molecule has 0 saturated carbocycles. The minimum absolute atomic E-state index is 0.0235. The Morgan fingerprint density at radius 3 is 2.12 bits per heavy atom. The van der Waals surface area contributed by atoms with Gasteiger partial charge in [-0.2, -0.15) is 4.72 Å². The number of carbonyl (C=O) groups is 1. The number of benzene rings is 2. The fourth-order valence-corrected chi connectivity index (χ4v) is 4.14. The van der Waals surface area contributed by atoms with Crippen LogP contribution in [0.15, 0.2) is 47.4 Å². The molecule has 0 aliphatic carbocycles. The van der Waals surface area contributed by atoms with Crippen LogP contribution in [0.2, 0.25) is 15.1 Å². The Labute approximate surface area is 167 Å². The van der Waals surface area contributed by atoms with Crippen LogP contribution in [-0.4, -0.2) is 20.4 Å². The molecule has 0 fully saturated rings. The summed E-state index contributed by atoms with van der Waals surface area (Å²) in [4.78, 5) is 12.4. The zero-order valence-electron chi connectivity index (χ0n) is 14.0. The molecule has 2 aromatic carbocycles. The Bertz CT molecular complexity index is 902. The Morgan fingerprint density at radius 1 is 0.962 bits per heavy atom. The molecule has 2 rings (SSSR count). The van der Waals surface area contributed by atoms with E-state index in [1.54, 1.807) is 25.1 Å². The van der Waals surface area contributed by atoms with Gasteiger partial charge >= 0.3 is 0 Å². The zero-order valence-corrected chi connectivity index (χ0v) is 17.0. The highest BCUT2D eigenvalue weighted by atomic mass is 35.5. The van der Waals surface area contributed by atoms with Gasteiger partial charge in [-0.15, -0.1) is 0 Å². The predicted octanol–water partition coefficient (Wildman–Crippen LogP) is 4.19. The fourth-order valence-electron chi connectivity index (χ4n) is 2.24. The third-order valence-electron chi connectivity index (χ3n) is 3.64. The maximum Gasteiger partial charge on any atom is 0.241 e. The zero-order chi connectivity index (χ0) is 19.5. The van der Waals surface area contributed by atoms with Gasteiger partial charge in [0.15, 0.2) is 0 Å². The number of sulfonamides is 1. The highest BCUT2D eigenvalue weighted by Crippen LogP contribution is 2.26. The van der Waals surface area contributed by atoms with Gasteiger partial charge in [0.1, 0.15) is 0 Å². The third kappa shape index (κ3) is 5.34. The third-order valence-corrected chi connectivity index (χ3v) is 6.01. The molecule has 0 aliphatic rings. The lowest BCUT2D eigenvalue weighted by atomic mass is 10.1. The number of carbonyl (C=O) groups excluding carboxylic acids is 1. The monoisotopic (exact) mass is 434 g/mol. The number of hydrogen-bond acceptors (Lipinski definition) is 3. The van der Waals surface area contributed by atoms with Gasteiger partial charge in [0.25, 0.3) is 0 Å². The quantitative estimate of drug-likeness (QED) is 0.714. The summed E-state index contributed by atoms with van der Waals surface area (Å²) in [6.07, 6.45) is 0. The van der Waals surface area contributed by atoms with Gasteiger partial charge in [-0.05, 0) is 55.8 Å². The highest BCUT2D eigenvalue weighted by molar-refractivity contribution is 7.89. The molecule has 2 aromatic rings. The number of nitrogens with one attached hydrogen (secondary N) is 2. The van der Waals surface area contributed by atoms with Crippen LogP contribution in [-0.2, 0) is 14.8 Å². The van der Waals surface area contributed by atoms with E-state index in [1.165, 1.54) is 31.2 Å². The smallest absolute Gasteiger partial charge is 0.241 e. The molecule has 0 aliphatic heterocycles. The van der Waals surface area contributed by atoms with Crippen molar-refractivity contribution in [3.63, 3.8) is 0 Å². The summed E-state index contributed by atoms with van der Waals surface area (Å²) < 4.78 is 27.0. The molecule has 5 nitrogen and oxygen atoms in total. The average molecular weight is 436 g/mol. The highest BCUT2D eigenvalue weighted by Gasteiger charge is 2.23. The van der Waals surface area contributed by atoms with Crippen molar-refractivity contribution < 1.29 is 13.2 Å². The van der Waals surface area contributed by atoms with E-state index in [4.69, 9.17) is 34.8 Å². The first kappa shape index (κ1) is 21.0. The lowest BCUT2D eigenvalue weighted by Gasteiger charge is -2.20. The van der Waals surface area contributed by atoms with Gasteiger partial charge in [-0.3, -0.25) is 4.79 Å². The Morgan fingerprint density at radius 2 is 1.54 bits per heavy atom. The number of halogens is 3. The molecule has 140 valence electrons. The van der Waals surface area contributed by atoms with E-state index < -0.39 is 28.0 Å². The SMILES string of the molecule is CC(NS(=O)(=O)c1ccc(Cl)cc1)C(=O)NC(C)c1ccc(Cl)cc1Cl. The van der Waals surface area contributed by atoms with Gasteiger partial charge in [0, 0.05) is 15.1 Å². The standard InChI is InChI=1S/C17H17Cl3N2O3S/c1-10(15-8-5-13(19)9-16(15)20)21-17(23)11(2)22-26(24,25)14-6-3-12(18)4-7-14/h3-11,22H,1-2H3,(H,21,23). The molecule has 0 radical (unpaired) electrons. The molecular weight excluding hydrogens is 419 g/mol. The predicted molar refractivity (Wildman–Crippen MR) is 104 cm³/mol. The van der Waals surface area contributed by atoms with Crippen LogP contribution in [0.1, 0.15) is 25.5 Å². The first-order valence-corrected chi connectivity index (χ1v) is 10.2. The van der Waals surface area contributed by atoms with Gasteiger partial charge in [-0.25, -0.2) is 8.42 Å². The lowest BCUT2D eigenvalue weighted by Crippen LogP contribution is -2.45. The van der Waals surface area contributed by atoms with Crippen molar-refractivity contribution in [3.8, 4) is 0 Å². The average Bonchev–Trinajstić information content (AvgIpc) is 2.54. The van der Waals surface area contributed by atoms with Crippen LogP contribution in [0.3, 0.4) is 0 Å². The van der Waals surface area contributed by atoms with Crippen LogP contribution >= 0.6 is 34.8 Å². The summed E-state index contributed by atoms with van der Waals surface area (Å²) in [6, 6.07) is 9.21. The van der Waals surface area contributed by atoms with E-state index in [1.807, 2.05) is 0 Å². The maximum absolute atomic E-state index is 12.3. The summed E-state index contributed by atoms with van der Waals surface area (Å²) in [7, 11) is -3.85. The van der Waals surface area contributed by atoms with Crippen molar-refractivity contribution >= 4 is 50.7 Å². The Kier molecular flexibility index (Phi) is 6.93. The van der Waals surface area contributed by atoms with E-state index in [2.05, 4.69) is 10.0 Å². The van der Waals surface area contributed by atoms with Gasteiger partial charge < -0.3 is 5.32 Å². The van der Waals surface area contributed by atoms with Crippen molar-refractivity contribution in [1.29, 1.82) is 0 Å².